The molecule has 1 saturated heterocycles. The summed E-state index contributed by atoms with van der Waals surface area (Å²) in [4.78, 5) is 25.2. The van der Waals surface area contributed by atoms with Crippen molar-refractivity contribution in [2.24, 2.45) is 5.41 Å². The summed E-state index contributed by atoms with van der Waals surface area (Å²) in [5.74, 6) is 0.242. The van der Waals surface area contributed by atoms with Gasteiger partial charge in [0.2, 0.25) is 15.9 Å². The molecule has 2 aromatic rings. The number of carbonyl (C=O) groups is 2. The molecule has 9 heteroatoms. The Hall–Kier alpha value is -3.07. The first-order valence-corrected chi connectivity index (χ1v) is 11.4. The predicted molar refractivity (Wildman–Crippen MR) is 117 cm³/mol. The molecular weight excluding hydrogens is 420 g/mol. The lowest BCUT2D eigenvalue weighted by Gasteiger charge is -2.18. The van der Waals surface area contributed by atoms with Crippen LogP contribution in [0, 0.1) is 5.41 Å². The maximum atomic E-state index is 12.6. The molecule has 0 aromatic heterocycles. The lowest BCUT2D eigenvalue weighted by molar-refractivity contribution is -0.123. The van der Waals surface area contributed by atoms with E-state index in [-0.39, 0.29) is 22.9 Å². The third kappa shape index (κ3) is 4.66. The van der Waals surface area contributed by atoms with E-state index in [2.05, 4.69) is 5.32 Å². The minimum absolute atomic E-state index is 0.165. The molecule has 31 heavy (non-hydrogen) atoms. The number of ether oxygens (including phenoxy) is 2. The molecular formula is C22H26N2O6S. The number of amides is 2. The number of methoxy groups -OCH3 is 2. The van der Waals surface area contributed by atoms with Crippen LogP contribution in [0.25, 0.3) is 0 Å². The molecule has 1 N–H and O–H groups in total. The number of nitrogens with one attached hydrogen (secondary N) is 1. The largest absolute Gasteiger partial charge is 0.497 e. The summed E-state index contributed by atoms with van der Waals surface area (Å²) in [6.45, 7) is 3.52. The Morgan fingerprint density at radius 1 is 1.13 bits per heavy atom. The molecule has 1 heterocycles. The molecule has 166 valence electrons. The van der Waals surface area contributed by atoms with Gasteiger partial charge in [0.15, 0.2) is 0 Å². The van der Waals surface area contributed by atoms with E-state index in [4.69, 9.17) is 9.47 Å². The number of carbonyl (C=O) groups excluding carboxylic acids is 2. The maximum absolute atomic E-state index is 12.6. The second-order valence-corrected chi connectivity index (χ2v) is 9.76. The van der Waals surface area contributed by atoms with Crippen LogP contribution in [-0.2, 0) is 21.2 Å². The number of nitrogens with zero attached hydrogens (tertiary/aromatic N) is 1. The van der Waals surface area contributed by atoms with Crippen molar-refractivity contribution in [3.05, 3.63) is 53.6 Å². The van der Waals surface area contributed by atoms with E-state index in [9.17, 15) is 18.0 Å². The van der Waals surface area contributed by atoms with Crippen molar-refractivity contribution in [1.82, 2.24) is 5.32 Å². The number of anilines is 1. The average molecular weight is 447 g/mol. The third-order valence-electron chi connectivity index (χ3n) is 5.10. The van der Waals surface area contributed by atoms with Crippen LogP contribution in [0.2, 0.25) is 0 Å². The van der Waals surface area contributed by atoms with Gasteiger partial charge in [-0.05, 0) is 62.2 Å². The molecule has 2 amide bonds. The number of hydrogen-bond donors (Lipinski definition) is 1. The molecule has 0 saturated carbocycles. The molecule has 8 nitrogen and oxygen atoms in total. The Balaban J connectivity index is 1.73. The highest BCUT2D eigenvalue weighted by atomic mass is 32.2. The van der Waals surface area contributed by atoms with E-state index in [1.54, 1.807) is 52.3 Å². The Bertz CT molecular complexity index is 1110. The third-order valence-corrected chi connectivity index (χ3v) is 7.11. The highest BCUT2D eigenvalue weighted by molar-refractivity contribution is 7.94. The Morgan fingerprint density at radius 3 is 2.48 bits per heavy atom. The van der Waals surface area contributed by atoms with Crippen LogP contribution in [0.5, 0.6) is 11.5 Å². The molecule has 1 fully saturated rings. The highest BCUT2D eigenvalue weighted by Gasteiger charge is 2.49. The zero-order valence-corrected chi connectivity index (χ0v) is 18.8. The topological polar surface area (TPSA) is 102 Å². The number of benzene rings is 2. The lowest BCUT2D eigenvalue weighted by atomic mass is 9.95. The molecule has 0 aliphatic carbocycles. The van der Waals surface area contributed by atoms with Gasteiger partial charge >= 0.3 is 0 Å². The van der Waals surface area contributed by atoms with Crippen molar-refractivity contribution >= 4 is 27.5 Å². The summed E-state index contributed by atoms with van der Waals surface area (Å²) in [6, 6.07) is 11.5. The van der Waals surface area contributed by atoms with Crippen LogP contribution in [0.4, 0.5) is 5.69 Å². The van der Waals surface area contributed by atoms with E-state index in [0.717, 1.165) is 9.87 Å². The second-order valence-electron chi connectivity index (χ2n) is 7.94. The van der Waals surface area contributed by atoms with Crippen molar-refractivity contribution in [1.29, 1.82) is 0 Å². The average Bonchev–Trinajstić information content (AvgIpc) is 2.89. The fraction of sp³-hybridized carbons (Fsp3) is 0.364. The minimum Gasteiger partial charge on any atom is -0.497 e. The summed E-state index contributed by atoms with van der Waals surface area (Å²) in [5.41, 5.74) is 0.305. The van der Waals surface area contributed by atoms with Gasteiger partial charge in [-0.15, -0.1) is 0 Å². The van der Waals surface area contributed by atoms with Gasteiger partial charge in [0.05, 0.1) is 31.1 Å². The predicted octanol–water partition coefficient (Wildman–Crippen LogP) is 2.38. The Labute approximate surface area is 182 Å². The normalized spacial score (nSPS) is 16.8. The molecule has 0 radical (unpaired) electrons. The number of sulfonamides is 1. The summed E-state index contributed by atoms with van der Waals surface area (Å²) in [5, 5.41) is 2.81. The monoisotopic (exact) mass is 446 g/mol. The lowest BCUT2D eigenvalue weighted by Crippen LogP contribution is -2.33. The number of hydrogen-bond acceptors (Lipinski definition) is 6. The zero-order chi connectivity index (χ0) is 22.8. The van der Waals surface area contributed by atoms with Gasteiger partial charge in [0, 0.05) is 12.1 Å². The van der Waals surface area contributed by atoms with Crippen LogP contribution < -0.4 is 19.1 Å². The standard InChI is InChI=1S/C22H26N2O6S/c1-22(2)14-31(27,28)24(21(22)26)17-7-5-6-16(12-17)20(25)23-11-10-15-13-18(29-3)8-9-19(15)30-4/h5-9,12-13H,10-11,14H2,1-4H3,(H,23,25). The van der Waals surface area contributed by atoms with Crippen molar-refractivity contribution in [2.45, 2.75) is 20.3 Å². The van der Waals surface area contributed by atoms with E-state index in [1.807, 2.05) is 6.07 Å². The maximum Gasteiger partial charge on any atom is 0.251 e. The quantitative estimate of drug-likeness (QED) is 0.701. The zero-order valence-electron chi connectivity index (χ0n) is 18.0. The molecule has 3 rings (SSSR count). The highest BCUT2D eigenvalue weighted by Crippen LogP contribution is 2.35. The van der Waals surface area contributed by atoms with Crippen molar-refractivity contribution < 1.29 is 27.5 Å². The smallest absolute Gasteiger partial charge is 0.251 e. The first kappa shape index (κ1) is 22.6. The molecule has 2 aromatic carbocycles. The minimum atomic E-state index is -3.78. The van der Waals surface area contributed by atoms with Crippen LogP contribution >= 0.6 is 0 Å². The second kappa shape index (κ2) is 8.58. The SMILES string of the molecule is COc1ccc(OC)c(CCNC(=O)c2cccc(N3C(=O)C(C)(C)CS3(=O)=O)c2)c1. The van der Waals surface area contributed by atoms with Crippen LogP contribution in [-0.4, -0.2) is 46.7 Å². The number of rotatable bonds is 7. The summed E-state index contributed by atoms with van der Waals surface area (Å²) in [6.07, 6.45) is 0.513. The van der Waals surface area contributed by atoms with Crippen LogP contribution in [0.3, 0.4) is 0 Å². The van der Waals surface area contributed by atoms with Crippen molar-refractivity contribution in [2.75, 3.05) is 30.8 Å². The Morgan fingerprint density at radius 2 is 1.87 bits per heavy atom. The van der Waals surface area contributed by atoms with E-state index in [1.165, 1.54) is 12.1 Å². The fourth-order valence-electron chi connectivity index (χ4n) is 3.52. The molecule has 0 atom stereocenters. The van der Waals surface area contributed by atoms with Gasteiger partial charge in [-0.3, -0.25) is 9.59 Å². The van der Waals surface area contributed by atoms with E-state index >= 15 is 0 Å². The van der Waals surface area contributed by atoms with Gasteiger partial charge < -0.3 is 14.8 Å². The van der Waals surface area contributed by atoms with Crippen molar-refractivity contribution in [3.63, 3.8) is 0 Å². The van der Waals surface area contributed by atoms with Gasteiger partial charge in [0.1, 0.15) is 11.5 Å². The summed E-state index contributed by atoms with van der Waals surface area (Å²) in [7, 11) is -0.630. The molecule has 1 aliphatic heterocycles. The van der Waals surface area contributed by atoms with Crippen LogP contribution in [0.1, 0.15) is 29.8 Å². The van der Waals surface area contributed by atoms with Gasteiger partial charge in [0.25, 0.3) is 5.91 Å². The summed E-state index contributed by atoms with van der Waals surface area (Å²) >= 11 is 0. The molecule has 1 aliphatic rings. The van der Waals surface area contributed by atoms with Crippen LogP contribution in [0.15, 0.2) is 42.5 Å². The first-order chi connectivity index (χ1) is 14.6. The molecule has 0 unspecified atom stereocenters. The van der Waals surface area contributed by atoms with Gasteiger partial charge in [-0.1, -0.05) is 6.07 Å². The van der Waals surface area contributed by atoms with Gasteiger partial charge in [-0.25, -0.2) is 12.7 Å². The van der Waals surface area contributed by atoms with E-state index in [0.29, 0.717) is 24.5 Å². The summed E-state index contributed by atoms with van der Waals surface area (Å²) < 4.78 is 36.4. The van der Waals surface area contributed by atoms with Gasteiger partial charge in [-0.2, -0.15) is 0 Å². The Kier molecular flexibility index (Phi) is 6.26. The molecule has 0 bridgehead atoms. The fourth-order valence-corrected chi connectivity index (χ4v) is 5.62. The van der Waals surface area contributed by atoms with Crippen molar-refractivity contribution in [3.8, 4) is 11.5 Å². The first-order valence-electron chi connectivity index (χ1n) is 9.75. The van der Waals surface area contributed by atoms with E-state index < -0.39 is 21.3 Å². The molecule has 0 spiro atoms.